The molecule has 1 aromatic rings. The fraction of sp³-hybridized carbons (Fsp3) is 0.364. The molecule has 1 aliphatic heterocycles. The molecule has 1 aliphatic rings. The Morgan fingerprint density at radius 1 is 1.65 bits per heavy atom. The van der Waals surface area contributed by atoms with E-state index in [4.69, 9.17) is 5.11 Å². The number of carboxylic acid groups (broad SMARTS) is 1. The quantitative estimate of drug-likeness (QED) is 0.787. The van der Waals surface area contributed by atoms with E-state index in [1.807, 2.05) is 0 Å². The molecule has 2 heterocycles. The predicted octanol–water partition coefficient (Wildman–Crippen LogP) is 0.627. The zero-order valence-corrected chi connectivity index (χ0v) is 9.38. The normalized spacial score (nSPS) is 17.7. The van der Waals surface area contributed by atoms with Crippen molar-refractivity contribution < 1.29 is 14.7 Å². The van der Waals surface area contributed by atoms with Gasteiger partial charge >= 0.3 is 6.09 Å². The first-order chi connectivity index (χ1) is 8.15. The summed E-state index contributed by atoms with van der Waals surface area (Å²) >= 11 is 0. The average molecular weight is 235 g/mol. The van der Waals surface area contributed by atoms with Gasteiger partial charge in [-0.3, -0.25) is 4.79 Å². The Bertz CT molecular complexity index is 461. The second-order valence-electron chi connectivity index (χ2n) is 3.75. The molecule has 0 fully saturated rings. The highest BCUT2D eigenvalue weighted by atomic mass is 16.4. The van der Waals surface area contributed by atoms with Crippen molar-refractivity contribution in [2.75, 3.05) is 11.4 Å². The molecular formula is C11H13N3O3. The number of nitrogens with zero attached hydrogens (tertiary/aromatic N) is 2. The maximum atomic E-state index is 11.8. The van der Waals surface area contributed by atoms with Crippen LogP contribution in [0.3, 0.4) is 0 Å². The number of rotatable bonds is 2. The molecule has 90 valence electrons. The van der Waals surface area contributed by atoms with E-state index in [1.165, 1.54) is 6.20 Å². The van der Waals surface area contributed by atoms with Crippen LogP contribution < -0.4 is 10.2 Å². The Hall–Kier alpha value is -2.11. The largest absolute Gasteiger partial charge is 0.465 e. The lowest BCUT2D eigenvalue weighted by atomic mass is 10.1. The first-order valence-electron chi connectivity index (χ1n) is 5.39. The molecule has 2 amide bonds. The minimum absolute atomic E-state index is 0.284. The van der Waals surface area contributed by atoms with Crippen LogP contribution in [0.5, 0.6) is 0 Å². The average Bonchev–Trinajstić information content (AvgIpc) is 2.68. The summed E-state index contributed by atoms with van der Waals surface area (Å²) in [6.45, 7) is 2.27. The molecule has 6 heteroatoms. The van der Waals surface area contributed by atoms with Crippen molar-refractivity contribution in [2.24, 2.45) is 0 Å². The Kier molecular flexibility index (Phi) is 2.95. The van der Waals surface area contributed by atoms with Crippen LogP contribution >= 0.6 is 0 Å². The smallest absolute Gasteiger partial charge is 0.413 e. The summed E-state index contributed by atoms with van der Waals surface area (Å²) in [5.41, 5.74) is 0.783. The van der Waals surface area contributed by atoms with Gasteiger partial charge in [0.15, 0.2) is 0 Å². The van der Waals surface area contributed by atoms with E-state index in [2.05, 4.69) is 10.3 Å². The van der Waals surface area contributed by atoms with Gasteiger partial charge in [0.05, 0.1) is 0 Å². The third kappa shape index (κ3) is 1.93. The van der Waals surface area contributed by atoms with Gasteiger partial charge in [-0.05, 0) is 18.6 Å². The van der Waals surface area contributed by atoms with Gasteiger partial charge in [0.1, 0.15) is 11.9 Å². The fourth-order valence-corrected chi connectivity index (χ4v) is 1.98. The van der Waals surface area contributed by atoms with E-state index < -0.39 is 12.1 Å². The van der Waals surface area contributed by atoms with E-state index in [0.717, 1.165) is 10.5 Å². The van der Waals surface area contributed by atoms with E-state index in [-0.39, 0.29) is 5.91 Å². The van der Waals surface area contributed by atoms with Gasteiger partial charge in [0, 0.05) is 19.2 Å². The second kappa shape index (κ2) is 4.40. The minimum atomic E-state index is -1.15. The van der Waals surface area contributed by atoms with Crippen LogP contribution in [0.4, 0.5) is 10.6 Å². The van der Waals surface area contributed by atoms with E-state index >= 15 is 0 Å². The molecule has 1 unspecified atom stereocenters. The molecule has 0 saturated heterocycles. The molecule has 0 bridgehead atoms. The molecular weight excluding hydrogens is 222 g/mol. The highest BCUT2D eigenvalue weighted by Gasteiger charge is 2.39. The number of fused-ring (bicyclic) bond motifs is 1. The molecule has 1 aromatic heterocycles. The Morgan fingerprint density at radius 3 is 3.06 bits per heavy atom. The zero-order valence-electron chi connectivity index (χ0n) is 9.38. The zero-order chi connectivity index (χ0) is 12.4. The molecule has 17 heavy (non-hydrogen) atoms. The SMILES string of the molecule is CCNC(=O)C1Cc2cccnc2N1C(=O)O. The lowest BCUT2D eigenvalue weighted by Gasteiger charge is -2.20. The lowest BCUT2D eigenvalue weighted by molar-refractivity contribution is -0.122. The Morgan fingerprint density at radius 2 is 2.41 bits per heavy atom. The van der Waals surface area contributed by atoms with Crippen molar-refractivity contribution in [2.45, 2.75) is 19.4 Å². The molecule has 0 aromatic carbocycles. The molecule has 2 rings (SSSR count). The Labute approximate surface area is 98.3 Å². The van der Waals surface area contributed by atoms with Crippen molar-refractivity contribution in [3.8, 4) is 0 Å². The molecule has 0 spiro atoms. The summed E-state index contributed by atoms with van der Waals surface area (Å²) < 4.78 is 0. The number of amides is 2. The predicted molar refractivity (Wildman–Crippen MR) is 60.9 cm³/mol. The third-order valence-electron chi connectivity index (χ3n) is 2.68. The molecule has 0 radical (unpaired) electrons. The maximum absolute atomic E-state index is 11.8. The van der Waals surface area contributed by atoms with Crippen molar-refractivity contribution in [3.05, 3.63) is 23.9 Å². The fourth-order valence-electron chi connectivity index (χ4n) is 1.98. The minimum Gasteiger partial charge on any atom is -0.465 e. The van der Waals surface area contributed by atoms with E-state index in [9.17, 15) is 9.59 Å². The summed E-state index contributed by atoms with van der Waals surface area (Å²) in [6, 6.07) is 2.81. The number of hydrogen-bond donors (Lipinski definition) is 2. The van der Waals surface area contributed by atoms with Crippen LogP contribution in [0.25, 0.3) is 0 Å². The van der Waals surface area contributed by atoms with Crippen LogP contribution in [-0.2, 0) is 11.2 Å². The monoisotopic (exact) mass is 235 g/mol. The summed E-state index contributed by atoms with van der Waals surface area (Å²) in [4.78, 5) is 28.0. The second-order valence-corrected chi connectivity index (χ2v) is 3.75. The van der Waals surface area contributed by atoms with Crippen LogP contribution in [0, 0.1) is 0 Å². The number of hydrogen-bond acceptors (Lipinski definition) is 3. The first kappa shape index (κ1) is 11.4. The number of carbonyl (C=O) groups excluding carboxylic acids is 1. The summed E-state index contributed by atoms with van der Waals surface area (Å²) in [7, 11) is 0. The topological polar surface area (TPSA) is 82.5 Å². The third-order valence-corrected chi connectivity index (χ3v) is 2.68. The van der Waals surface area contributed by atoms with Crippen molar-refractivity contribution in [1.29, 1.82) is 0 Å². The van der Waals surface area contributed by atoms with Crippen molar-refractivity contribution in [3.63, 3.8) is 0 Å². The summed E-state index contributed by atoms with van der Waals surface area (Å²) in [5.74, 6) is 0.0733. The highest BCUT2D eigenvalue weighted by Crippen LogP contribution is 2.29. The van der Waals surface area contributed by atoms with Crippen LogP contribution in [0.1, 0.15) is 12.5 Å². The van der Waals surface area contributed by atoms with Gasteiger partial charge in [0.25, 0.3) is 0 Å². The number of nitrogens with one attached hydrogen (secondary N) is 1. The molecule has 0 aliphatic carbocycles. The molecule has 0 saturated carbocycles. The molecule has 2 N–H and O–H groups in total. The van der Waals surface area contributed by atoms with Gasteiger partial charge in [0.2, 0.25) is 5.91 Å². The summed E-state index contributed by atoms with van der Waals surface area (Å²) in [6.07, 6.45) is 0.745. The highest BCUT2D eigenvalue weighted by molar-refractivity contribution is 5.98. The maximum Gasteiger partial charge on any atom is 0.413 e. The van der Waals surface area contributed by atoms with Gasteiger partial charge in [-0.25, -0.2) is 14.7 Å². The number of likely N-dealkylation sites (N-methyl/N-ethyl adjacent to an activating group) is 1. The van der Waals surface area contributed by atoms with Gasteiger partial charge in [-0.1, -0.05) is 6.07 Å². The Balaban J connectivity index is 2.33. The lowest BCUT2D eigenvalue weighted by Crippen LogP contribution is -2.47. The van der Waals surface area contributed by atoms with Crippen LogP contribution in [0.2, 0.25) is 0 Å². The molecule has 1 atom stereocenters. The van der Waals surface area contributed by atoms with E-state index in [0.29, 0.717) is 18.8 Å². The van der Waals surface area contributed by atoms with Gasteiger partial charge < -0.3 is 10.4 Å². The first-order valence-corrected chi connectivity index (χ1v) is 5.39. The van der Waals surface area contributed by atoms with Gasteiger partial charge in [-0.2, -0.15) is 0 Å². The number of pyridine rings is 1. The van der Waals surface area contributed by atoms with Gasteiger partial charge in [-0.15, -0.1) is 0 Å². The van der Waals surface area contributed by atoms with Crippen LogP contribution in [-0.4, -0.2) is 34.7 Å². The van der Waals surface area contributed by atoms with Crippen LogP contribution in [0.15, 0.2) is 18.3 Å². The summed E-state index contributed by atoms with van der Waals surface area (Å²) in [5, 5.41) is 11.8. The van der Waals surface area contributed by atoms with E-state index in [1.54, 1.807) is 19.1 Å². The van der Waals surface area contributed by atoms with Crippen molar-refractivity contribution in [1.82, 2.24) is 10.3 Å². The van der Waals surface area contributed by atoms with Crippen molar-refractivity contribution >= 4 is 17.8 Å². The standard InChI is InChI=1S/C11H13N3O3/c1-2-12-10(15)8-6-7-4-3-5-13-9(7)14(8)11(16)17/h3-5,8H,2,6H2,1H3,(H,12,15)(H,16,17). The number of anilines is 1. The number of carbonyl (C=O) groups is 2. The molecule has 6 nitrogen and oxygen atoms in total. The number of aromatic nitrogens is 1.